The predicted octanol–water partition coefficient (Wildman–Crippen LogP) is 5.22. The molecule has 0 amide bonds. The summed E-state index contributed by atoms with van der Waals surface area (Å²) in [7, 11) is 3.71. The monoisotopic (exact) mass is 386 g/mol. The maximum atomic E-state index is 5.51. The summed E-state index contributed by atoms with van der Waals surface area (Å²) in [4.78, 5) is 4.83. The van der Waals surface area contributed by atoms with Crippen molar-refractivity contribution in [2.24, 2.45) is 7.05 Å². The van der Waals surface area contributed by atoms with Crippen LogP contribution in [0.4, 0.5) is 0 Å². The van der Waals surface area contributed by atoms with E-state index < -0.39 is 0 Å². The number of methoxy groups -OCH3 is 1. The van der Waals surface area contributed by atoms with Crippen LogP contribution in [0.3, 0.4) is 0 Å². The Morgan fingerprint density at radius 3 is 2.14 bits per heavy atom. The van der Waals surface area contributed by atoms with E-state index in [1.54, 1.807) is 7.11 Å². The highest BCUT2D eigenvalue weighted by atomic mass is 16.5. The molecule has 29 heavy (non-hydrogen) atoms. The lowest BCUT2D eigenvalue weighted by Gasteiger charge is -2.19. The summed E-state index contributed by atoms with van der Waals surface area (Å²) in [5.41, 5.74) is 6.26. The SMILES string of the molecule is CCC(COC)n1cnc(-c2ccccc2)c1-c1cn(C)nc1-c1ccccc1. The van der Waals surface area contributed by atoms with E-state index in [-0.39, 0.29) is 6.04 Å². The smallest absolute Gasteiger partial charge is 0.102 e. The first-order valence-corrected chi connectivity index (χ1v) is 9.93. The molecule has 148 valence electrons. The fourth-order valence-electron chi connectivity index (χ4n) is 3.77. The lowest BCUT2D eigenvalue weighted by Crippen LogP contribution is -2.14. The number of imidazole rings is 1. The molecule has 1 atom stereocenters. The van der Waals surface area contributed by atoms with E-state index >= 15 is 0 Å². The van der Waals surface area contributed by atoms with Crippen LogP contribution in [0.5, 0.6) is 0 Å². The number of hydrogen-bond donors (Lipinski definition) is 0. The molecule has 0 saturated heterocycles. The van der Waals surface area contributed by atoms with Gasteiger partial charge in [-0.25, -0.2) is 4.98 Å². The second-order valence-electron chi connectivity index (χ2n) is 7.16. The van der Waals surface area contributed by atoms with Crippen molar-refractivity contribution < 1.29 is 4.74 Å². The molecule has 2 aromatic carbocycles. The number of hydrogen-bond acceptors (Lipinski definition) is 3. The van der Waals surface area contributed by atoms with Gasteiger partial charge in [-0.15, -0.1) is 0 Å². The average molecular weight is 386 g/mol. The zero-order valence-electron chi connectivity index (χ0n) is 17.1. The van der Waals surface area contributed by atoms with Crippen molar-refractivity contribution in [2.75, 3.05) is 13.7 Å². The Bertz CT molecular complexity index is 1070. The van der Waals surface area contributed by atoms with Gasteiger partial charge in [0.2, 0.25) is 0 Å². The van der Waals surface area contributed by atoms with E-state index in [9.17, 15) is 0 Å². The number of aryl methyl sites for hydroxylation is 1. The third-order valence-corrected chi connectivity index (χ3v) is 5.20. The number of aromatic nitrogens is 4. The molecular weight excluding hydrogens is 360 g/mol. The Labute approximate surface area is 171 Å². The van der Waals surface area contributed by atoms with E-state index in [0.717, 1.165) is 40.2 Å². The second kappa shape index (κ2) is 8.45. The van der Waals surface area contributed by atoms with Gasteiger partial charge in [0.25, 0.3) is 0 Å². The topological polar surface area (TPSA) is 44.9 Å². The molecule has 0 saturated carbocycles. The van der Waals surface area contributed by atoms with Crippen molar-refractivity contribution in [1.29, 1.82) is 0 Å². The van der Waals surface area contributed by atoms with Gasteiger partial charge >= 0.3 is 0 Å². The van der Waals surface area contributed by atoms with E-state index in [1.807, 2.05) is 54.5 Å². The Kier molecular flexibility index (Phi) is 5.58. The van der Waals surface area contributed by atoms with Crippen molar-refractivity contribution >= 4 is 0 Å². The van der Waals surface area contributed by atoms with Crippen LogP contribution < -0.4 is 0 Å². The highest BCUT2D eigenvalue weighted by molar-refractivity contribution is 5.86. The maximum absolute atomic E-state index is 5.51. The first-order chi connectivity index (χ1) is 14.2. The number of nitrogens with zero attached hydrogens (tertiary/aromatic N) is 4. The van der Waals surface area contributed by atoms with Crippen LogP contribution in [0.1, 0.15) is 19.4 Å². The van der Waals surface area contributed by atoms with Crippen LogP contribution in [-0.2, 0) is 11.8 Å². The predicted molar refractivity (Wildman–Crippen MR) is 117 cm³/mol. The minimum Gasteiger partial charge on any atom is -0.383 e. The second-order valence-corrected chi connectivity index (χ2v) is 7.16. The lowest BCUT2D eigenvalue weighted by atomic mass is 10.0. The van der Waals surface area contributed by atoms with Crippen molar-refractivity contribution in [1.82, 2.24) is 19.3 Å². The number of benzene rings is 2. The molecule has 0 bridgehead atoms. The van der Waals surface area contributed by atoms with Crippen molar-refractivity contribution in [3.8, 4) is 33.8 Å². The third kappa shape index (κ3) is 3.74. The maximum Gasteiger partial charge on any atom is 0.102 e. The van der Waals surface area contributed by atoms with Crippen LogP contribution >= 0.6 is 0 Å². The highest BCUT2D eigenvalue weighted by Crippen LogP contribution is 2.38. The van der Waals surface area contributed by atoms with E-state index in [0.29, 0.717) is 6.61 Å². The summed E-state index contributed by atoms with van der Waals surface area (Å²) in [6.45, 7) is 2.81. The summed E-state index contributed by atoms with van der Waals surface area (Å²) in [5, 5.41) is 4.79. The molecular formula is C24H26N4O. The summed E-state index contributed by atoms with van der Waals surface area (Å²) in [6, 6.07) is 20.8. The van der Waals surface area contributed by atoms with Gasteiger partial charge in [0.15, 0.2) is 0 Å². The summed E-state index contributed by atoms with van der Waals surface area (Å²) < 4.78 is 9.63. The molecule has 5 heteroatoms. The van der Waals surface area contributed by atoms with Gasteiger partial charge < -0.3 is 9.30 Å². The fraction of sp³-hybridized carbons (Fsp3) is 0.250. The minimum absolute atomic E-state index is 0.198. The Hall–Kier alpha value is -3.18. The van der Waals surface area contributed by atoms with Crippen LogP contribution in [0.25, 0.3) is 33.8 Å². The first-order valence-electron chi connectivity index (χ1n) is 9.93. The van der Waals surface area contributed by atoms with E-state index in [4.69, 9.17) is 14.8 Å². The molecule has 0 fully saturated rings. The minimum atomic E-state index is 0.198. The lowest BCUT2D eigenvalue weighted by molar-refractivity contribution is 0.154. The van der Waals surface area contributed by atoms with Gasteiger partial charge in [0.1, 0.15) is 5.69 Å². The fourth-order valence-corrected chi connectivity index (χ4v) is 3.77. The van der Waals surface area contributed by atoms with Gasteiger partial charge in [0, 0.05) is 37.0 Å². The van der Waals surface area contributed by atoms with Gasteiger partial charge in [-0.2, -0.15) is 5.10 Å². The third-order valence-electron chi connectivity index (χ3n) is 5.20. The van der Waals surface area contributed by atoms with Crippen molar-refractivity contribution in [2.45, 2.75) is 19.4 Å². The van der Waals surface area contributed by atoms with Crippen molar-refractivity contribution in [3.05, 3.63) is 73.2 Å². The molecule has 1 unspecified atom stereocenters. The molecule has 0 aliphatic rings. The number of rotatable bonds is 7. The Morgan fingerprint density at radius 2 is 1.55 bits per heavy atom. The van der Waals surface area contributed by atoms with Crippen LogP contribution in [0.15, 0.2) is 73.2 Å². The largest absolute Gasteiger partial charge is 0.383 e. The van der Waals surface area contributed by atoms with Gasteiger partial charge in [-0.1, -0.05) is 67.6 Å². The molecule has 0 aliphatic heterocycles. The van der Waals surface area contributed by atoms with Gasteiger partial charge in [-0.05, 0) is 6.42 Å². The molecule has 4 rings (SSSR count). The van der Waals surface area contributed by atoms with Gasteiger partial charge in [0.05, 0.1) is 30.4 Å². The molecule has 2 aromatic heterocycles. The summed E-state index contributed by atoms with van der Waals surface area (Å²) >= 11 is 0. The van der Waals surface area contributed by atoms with Gasteiger partial charge in [-0.3, -0.25) is 4.68 Å². The normalized spacial score (nSPS) is 12.2. The standard InChI is InChI=1S/C24H26N4O/c1-4-20(16-29-3)28-17-25-23(19-13-9-6-10-14-19)24(28)21-15-27(2)26-22(21)18-11-7-5-8-12-18/h5-15,17,20H,4,16H2,1-3H3. The molecule has 0 spiro atoms. The molecule has 0 N–H and O–H groups in total. The van der Waals surface area contributed by atoms with E-state index in [1.165, 1.54) is 0 Å². The van der Waals surface area contributed by atoms with Crippen LogP contribution in [0, 0.1) is 0 Å². The molecule has 0 aliphatic carbocycles. The van der Waals surface area contributed by atoms with Crippen LogP contribution in [0.2, 0.25) is 0 Å². The molecule has 4 aromatic rings. The number of ether oxygens (including phenoxy) is 1. The van der Waals surface area contributed by atoms with E-state index in [2.05, 4.69) is 42.0 Å². The zero-order valence-corrected chi connectivity index (χ0v) is 17.1. The first kappa shape index (κ1) is 19.2. The molecule has 5 nitrogen and oxygen atoms in total. The zero-order chi connectivity index (χ0) is 20.2. The molecule has 2 heterocycles. The summed E-state index contributed by atoms with van der Waals surface area (Å²) in [5.74, 6) is 0. The average Bonchev–Trinajstić information content (AvgIpc) is 3.36. The quantitative estimate of drug-likeness (QED) is 0.438. The van der Waals surface area contributed by atoms with Crippen molar-refractivity contribution in [3.63, 3.8) is 0 Å². The Balaban J connectivity index is 1.96. The van der Waals surface area contributed by atoms with Crippen LogP contribution in [-0.4, -0.2) is 33.0 Å². The highest BCUT2D eigenvalue weighted by Gasteiger charge is 2.24. The Morgan fingerprint density at radius 1 is 0.931 bits per heavy atom. The molecule has 0 radical (unpaired) electrons. The summed E-state index contributed by atoms with van der Waals surface area (Å²) in [6.07, 6.45) is 4.97.